The third-order valence-corrected chi connectivity index (χ3v) is 6.19. The van der Waals surface area contributed by atoms with Crippen molar-refractivity contribution in [3.05, 3.63) is 91.0 Å². The fourth-order valence-corrected chi connectivity index (χ4v) is 5.10. The summed E-state index contributed by atoms with van der Waals surface area (Å²) in [5.41, 5.74) is -1.17. The van der Waals surface area contributed by atoms with Gasteiger partial charge in [-0.05, 0) is 30.5 Å². The number of fused-ring (bicyclic) bond motifs is 1. The molecule has 2 heterocycles. The summed E-state index contributed by atoms with van der Waals surface area (Å²) in [7, 11) is 1.36. The Hall–Kier alpha value is -3.18. The average molecular weight is 403 g/mol. The summed E-state index contributed by atoms with van der Waals surface area (Å²) in [6.07, 6.45) is 4.14. The Morgan fingerprint density at radius 1 is 1.13 bits per heavy atom. The van der Waals surface area contributed by atoms with Crippen molar-refractivity contribution in [1.82, 2.24) is 5.32 Å². The Balaban J connectivity index is 2.01. The highest BCUT2D eigenvalue weighted by molar-refractivity contribution is 6.10. The number of para-hydroxylation sites is 1. The smallest absolute Gasteiger partial charge is 0.327 e. The van der Waals surface area contributed by atoms with Gasteiger partial charge in [0.05, 0.1) is 24.6 Å². The standard InChI is InChI=1S/C25H25NO4/c1-4-11-20-25(22(27)18-14-9-10-15-19(18)30-25)21(17-12-7-6-8-13-17)24(26-20,16-5-2)23(28)29-3/h4-10,12-15,20-21,26H,1-2,11,16H2,3H3/t20-,21+,24-,25-/m1/s1. The van der Waals surface area contributed by atoms with Crippen LogP contribution in [0.2, 0.25) is 0 Å². The third kappa shape index (κ3) is 2.66. The van der Waals surface area contributed by atoms with E-state index in [9.17, 15) is 9.59 Å². The zero-order valence-electron chi connectivity index (χ0n) is 17.0. The summed E-state index contributed by atoms with van der Waals surface area (Å²) in [5, 5.41) is 3.44. The molecule has 0 radical (unpaired) electrons. The topological polar surface area (TPSA) is 64.6 Å². The molecule has 2 aromatic carbocycles. The molecule has 1 fully saturated rings. The predicted molar refractivity (Wildman–Crippen MR) is 115 cm³/mol. The minimum absolute atomic E-state index is 0.138. The molecule has 0 unspecified atom stereocenters. The van der Waals surface area contributed by atoms with E-state index in [1.807, 2.05) is 42.5 Å². The molecule has 5 heteroatoms. The molecule has 0 bridgehead atoms. The Labute approximate surface area is 176 Å². The lowest BCUT2D eigenvalue weighted by molar-refractivity contribution is -0.149. The van der Waals surface area contributed by atoms with E-state index in [-0.39, 0.29) is 12.2 Å². The van der Waals surface area contributed by atoms with Gasteiger partial charge in [0, 0.05) is 0 Å². The predicted octanol–water partition coefficient (Wildman–Crippen LogP) is 3.82. The second-order valence-corrected chi connectivity index (χ2v) is 7.74. The van der Waals surface area contributed by atoms with Crippen LogP contribution in [0.25, 0.3) is 0 Å². The van der Waals surface area contributed by atoms with Crippen LogP contribution in [0.1, 0.15) is 34.7 Å². The molecule has 0 amide bonds. The van der Waals surface area contributed by atoms with Crippen molar-refractivity contribution in [2.24, 2.45) is 0 Å². The van der Waals surface area contributed by atoms with Crippen molar-refractivity contribution in [1.29, 1.82) is 0 Å². The normalized spacial score (nSPS) is 29.3. The molecule has 2 aliphatic rings. The number of esters is 1. The minimum Gasteiger partial charge on any atom is -0.476 e. The van der Waals surface area contributed by atoms with Crippen LogP contribution < -0.4 is 10.1 Å². The zero-order valence-corrected chi connectivity index (χ0v) is 17.0. The van der Waals surface area contributed by atoms with Gasteiger partial charge in [0.2, 0.25) is 5.78 Å². The maximum Gasteiger partial charge on any atom is 0.327 e. The number of ether oxygens (including phenoxy) is 2. The number of hydrogen-bond donors (Lipinski definition) is 1. The van der Waals surface area contributed by atoms with Crippen LogP contribution in [-0.4, -0.2) is 36.0 Å². The van der Waals surface area contributed by atoms with Crippen molar-refractivity contribution in [2.75, 3.05) is 7.11 Å². The molecule has 2 aromatic rings. The van der Waals surface area contributed by atoms with E-state index in [0.717, 1.165) is 5.56 Å². The first kappa shape index (κ1) is 20.1. The molecule has 0 aromatic heterocycles. The number of Topliss-reactive ketones (excluding diaryl/α,β-unsaturated/α-hetero) is 1. The van der Waals surface area contributed by atoms with Crippen molar-refractivity contribution >= 4 is 11.8 Å². The highest BCUT2D eigenvalue weighted by Crippen LogP contribution is 2.55. The van der Waals surface area contributed by atoms with E-state index in [1.54, 1.807) is 24.3 Å². The Kier molecular flexibility index (Phi) is 5.08. The molecule has 0 saturated carbocycles. The summed E-state index contributed by atoms with van der Waals surface area (Å²) in [5.74, 6) is -0.684. The van der Waals surface area contributed by atoms with Crippen LogP contribution in [-0.2, 0) is 9.53 Å². The SMILES string of the molecule is C=CC[C@H]1N[C@@](CC=C)(C(=O)OC)[C@H](c2ccccc2)[C@]12Oc1ccccc1C2=O. The monoisotopic (exact) mass is 403 g/mol. The second kappa shape index (κ2) is 7.58. The summed E-state index contributed by atoms with van der Waals surface area (Å²) in [4.78, 5) is 27.2. The van der Waals surface area contributed by atoms with E-state index in [2.05, 4.69) is 18.5 Å². The number of hydrogen-bond acceptors (Lipinski definition) is 5. The van der Waals surface area contributed by atoms with Gasteiger partial charge >= 0.3 is 5.97 Å². The summed E-state index contributed by atoms with van der Waals surface area (Å²) < 4.78 is 11.7. The molecule has 5 nitrogen and oxygen atoms in total. The van der Waals surface area contributed by atoms with Crippen molar-refractivity contribution in [2.45, 2.75) is 35.9 Å². The van der Waals surface area contributed by atoms with Crippen LogP contribution in [0.3, 0.4) is 0 Å². The Morgan fingerprint density at radius 2 is 1.83 bits per heavy atom. The second-order valence-electron chi connectivity index (χ2n) is 7.74. The van der Waals surface area contributed by atoms with Gasteiger partial charge in [-0.3, -0.25) is 14.9 Å². The molecule has 4 atom stereocenters. The van der Waals surface area contributed by atoms with Crippen LogP contribution in [0, 0.1) is 0 Å². The largest absolute Gasteiger partial charge is 0.476 e. The lowest BCUT2D eigenvalue weighted by Gasteiger charge is -2.37. The lowest BCUT2D eigenvalue weighted by atomic mass is 9.68. The van der Waals surface area contributed by atoms with Gasteiger partial charge in [-0.15, -0.1) is 13.2 Å². The summed E-state index contributed by atoms with van der Waals surface area (Å²) >= 11 is 0. The molecule has 1 N–H and O–H groups in total. The van der Waals surface area contributed by atoms with Crippen LogP contribution in [0.15, 0.2) is 79.9 Å². The van der Waals surface area contributed by atoms with E-state index in [1.165, 1.54) is 7.11 Å². The number of benzene rings is 2. The van der Waals surface area contributed by atoms with E-state index in [0.29, 0.717) is 17.7 Å². The lowest BCUT2D eigenvalue weighted by Crippen LogP contribution is -2.55. The van der Waals surface area contributed by atoms with Crippen LogP contribution >= 0.6 is 0 Å². The number of methoxy groups -OCH3 is 1. The zero-order chi connectivity index (χ0) is 21.4. The van der Waals surface area contributed by atoms with E-state index in [4.69, 9.17) is 9.47 Å². The van der Waals surface area contributed by atoms with Gasteiger partial charge in [0.25, 0.3) is 0 Å². The fourth-order valence-electron chi connectivity index (χ4n) is 5.10. The number of ketones is 1. The van der Waals surface area contributed by atoms with Crippen molar-refractivity contribution in [3.63, 3.8) is 0 Å². The molecule has 30 heavy (non-hydrogen) atoms. The number of carbonyl (C=O) groups excluding carboxylic acids is 2. The highest BCUT2D eigenvalue weighted by Gasteiger charge is 2.72. The molecule has 0 aliphatic carbocycles. The van der Waals surface area contributed by atoms with Gasteiger partial charge in [-0.25, -0.2) is 0 Å². The third-order valence-electron chi connectivity index (χ3n) is 6.19. The van der Waals surface area contributed by atoms with E-state index >= 15 is 0 Å². The number of carbonyl (C=O) groups is 2. The van der Waals surface area contributed by atoms with Crippen molar-refractivity contribution in [3.8, 4) is 5.75 Å². The molecular weight excluding hydrogens is 378 g/mol. The summed E-state index contributed by atoms with van der Waals surface area (Å²) in [6.45, 7) is 7.73. The van der Waals surface area contributed by atoms with Crippen LogP contribution in [0.5, 0.6) is 5.75 Å². The van der Waals surface area contributed by atoms with Gasteiger partial charge in [-0.2, -0.15) is 0 Å². The molecule has 2 aliphatic heterocycles. The molecule has 1 saturated heterocycles. The quantitative estimate of drug-likeness (QED) is 0.587. The molecule has 4 rings (SSSR count). The van der Waals surface area contributed by atoms with Gasteiger partial charge in [-0.1, -0.05) is 54.6 Å². The Morgan fingerprint density at radius 3 is 2.47 bits per heavy atom. The van der Waals surface area contributed by atoms with Gasteiger partial charge in [0.15, 0.2) is 5.60 Å². The summed E-state index contributed by atoms with van der Waals surface area (Å²) in [6, 6.07) is 16.3. The Bertz CT molecular complexity index is 1000. The first-order chi connectivity index (χ1) is 14.5. The van der Waals surface area contributed by atoms with Gasteiger partial charge < -0.3 is 9.47 Å². The van der Waals surface area contributed by atoms with Crippen molar-refractivity contribution < 1.29 is 19.1 Å². The fraction of sp³-hybridized carbons (Fsp3) is 0.280. The molecule has 154 valence electrons. The van der Waals surface area contributed by atoms with Gasteiger partial charge in [0.1, 0.15) is 11.3 Å². The van der Waals surface area contributed by atoms with Crippen LogP contribution in [0.4, 0.5) is 0 Å². The van der Waals surface area contributed by atoms with E-state index < -0.39 is 29.1 Å². The average Bonchev–Trinajstić information content (AvgIpc) is 3.22. The maximum atomic E-state index is 13.9. The number of nitrogens with one attached hydrogen (secondary N) is 1. The maximum absolute atomic E-state index is 13.9. The molecular formula is C25H25NO4. The molecule has 1 spiro atoms. The first-order valence-electron chi connectivity index (χ1n) is 10.0. The first-order valence-corrected chi connectivity index (χ1v) is 10.0. The minimum atomic E-state index is -1.31. The number of rotatable bonds is 6. The highest BCUT2D eigenvalue weighted by atomic mass is 16.5.